The standard InChI is InChI=1S/C18H23N3O4/c1-3-16(22)21-10-8-14(9-11-21)17(23)20-15-6-4-13(5-7-15)12-19-18(24)25-2/h3-7,14H,1,8-12H2,2H3,(H,19,24)(H,20,23). The van der Waals surface area contributed by atoms with Gasteiger partial charge in [0.1, 0.15) is 0 Å². The summed E-state index contributed by atoms with van der Waals surface area (Å²) < 4.78 is 4.51. The number of carbonyl (C=O) groups excluding carboxylic acids is 3. The molecule has 0 atom stereocenters. The van der Waals surface area contributed by atoms with Crippen LogP contribution in [0.2, 0.25) is 0 Å². The first kappa shape index (κ1) is 18.5. The molecule has 0 spiro atoms. The number of amides is 3. The number of ether oxygens (including phenoxy) is 1. The normalized spacial score (nSPS) is 14.5. The molecule has 7 heteroatoms. The monoisotopic (exact) mass is 345 g/mol. The lowest BCUT2D eigenvalue weighted by atomic mass is 9.95. The van der Waals surface area contributed by atoms with Gasteiger partial charge in [0, 0.05) is 31.2 Å². The SMILES string of the molecule is C=CC(=O)N1CCC(C(=O)Nc2ccc(CNC(=O)OC)cc2)CC1. The second kappa shape index (κ2) is 8.86. The Morgan fingerprint density at radius 3 is 2.44 bits per heavy atom. The summed E-state index contributed by atoms with van der Waals surface area (Å²) in [6.45, 7) is 4.98. The maximum Gasteiger partial charge on any atom is 0.407 e. The molecule has 1 saturated heterocycles. The maximum atomic E-state index is 12.3. The van der Waals surface area contributed by atoms with Crippen LogP contribution >= 0.6 is 0 Å². The number of alkyl carbamates (subject to hydrolysis) is 1. The van der Waals surface area contributed by atoms with Crippen molar-refractivity contribution in [3.8, 4) is 0 Å². The third kappa shape index (κ3) is 5.34. The van der Waals surface area contributed by atoms with E-state index in [4.69, 9.17) is 0 Å². The van der Waals surface area contributed by atoms with E-state index in [0.717, 1.165) is 5.56 Å². The molecule has 2 rings (SSSR count). The number of likely N-dealkylation sites (tertiary alicyclic amines) is 1. The molecule has 25 heavy (non-hydrogen) atoms. The Morgan fingerprint density at radius 1 is 1.24 bits per heavy atom. The topological polar surface area (TPSA) is 87.7 Å². The molecular weight excluding hydrogens is 322 g/mol. The van der Waals surface area contributed by atoms with Crippen molar-refractivity contribution < 1.29 is 19.1 Å². The first-order valence-corrected chi connectivity index (χ1v) is 8.16. The van der Waals surface area contributed by atoms with Gasteiger partial charge in [0.25, 0.3) is 0 Å². The molecule has 0 aliphatic carbocycles. The van der Waals surface area contributed by atoms with Crippen LogP contribution in [0.5, 0.6) is 0 Å². The summed E-state index contributed by atoms with van der Waals surface area (Å²) >= 11 is 0. The summed E-state index contributed by atoms with van der Waals surface area (Å²) in [7, 11) is 1.31. The van der Waals surface area contributed by atoms with Crippen molar-refractivity contribution in [2.75, 3.05) is 25.5 Å². The van der Waals surface area contributed by atoms with Gasteiger partial charge in [-0.25, -0.2) is 4.79 Å². The highest BCUT2D eigenvalue weighted by Gasteiger charge is 2.26. The lowest BCUT2D eigenvalue weighted by Gasteiger charge is -2.30. The molecule has 3 amide bonds. The predicted octanol–water partition coefficient (Wildman–Crippen LogP) is 1.91. The number of rotatable bonds is 5. The maximum absolute atomic E-state index is 12.3. The summed E-state index contributed by atoms with van der Waals surface area (Å²) in [6, 6.07) is 7.25. The van der Waals surface area contributed by atoms with Gasteiger partial charge in [-0.3, -0.25) is 9.59 Å². The number of carbonyl (C=O) groups is 3. The Labute approximate surface area is 147 Å². The van der Waals surface area contributed by atoms with Crippen molar-refractivity contribution in [1.29, 1.82) is 0 Å². The largest absolute Gasteiger partial charge is 0.453 e. The molecule has 1 heterocycles. The molecule has 1 aliphatic heterocycles. The minimum absolute atomic E-state index is 0.0360. The molecule has 1 aromatic rings. The smallest absolute Gasteiger partial charge is 0.407 e. The first-order valence-electron chi connectivity index (χ1n) is 8.16. The third-order valence-electron chi connectivity index (χ3n) is 4.20. The fourth-order valence-electron chi connectivity index (χ4n) is 2.69. The quantitative estimate of drug-likeness (QED) is 0.798. The van der Waals surface area contributed by atoms with Gasteiger partial charge >= 0.3 is 6.09 Å². The average molecular weight is 345 g/mol. The zero-order chi connectivity index (χ0) is 18.2. The second-order valence-corrected chi connectivity index (χ2v) is 5.83. The number of hydrogen-bond donors (Lipinski definition) is 2. The van der Waals surface area contributed by atoms with Crippen LogP contribution in [0.4, 0.5) is 10.5 Å². The molecular formula is C18H23N3O4. The number of piperidine rings is 1. The molecule has 0 bridgehead atoms. The Morgan fingerprint density at radius 2 is 1.88 bits per heavy atom. The molecule has 0 saturated carbocycles. The molecule has 134 valence electrons. The van der Waals surface area contributed by atoms with E-state index in [1.807, 2.05) is 12.1 Å². The van der Waals surface area contributed by atoms with Crippen LogP contribution in [0.3, 0.4) is 0 Å². The highest BCUT2D eigenvalue weighted by atomic mass is 16.5. The van der Waals surface area contributed by atoms with Crippen molar-refractivity contribution >= 4 is 23.6 Å². The highest BCUT2D eigenvalue weighted by molar-refractivity contribution is 5.93. The van der Waals surface area contributed by atoms with Gasteiger partial charge < -0.3 is 20.3 Å². The van der Waals surface area contributed by atoms with Crippen molar-refractivity contribution in [3.63, 3.8) is 0 Å². The highest BCUT2D eigenvalue weighted by Crippen LogP contribution is 2.20. The van der Waals surface area contributed by atoms with Crippen LogP contribution in [0.1, 0.15) is 18.4 Å². The molecule has 0 radical (unpaired) electrons. The lowest BCUT2D eigenvalue weighted by Crippen LogP contribution is -2.40. The van der Waals surface area contributed by atoms with Gasteiger partial charge in [-0.1, -0.05) is 18.7 Å². The average Bonchev–Trinajstić information content (AvgIpc) is 2.66. The van der Waals surface area contributed by atoms with Crippen molar-refractivity contribution in [2.45, 2.75) is 19.4 Å². The van der Waals surface area contributed by atoms with Gasteiger partial charge in [-0.2, -0.15) is 0 Å². The molecule has 1 aromatic carbocycles. The third-order valence-corrected chi connectivity index (χ3v) is 4.20. The number of anilines is 1. The summed E-state index contributed by atoms with van der Waals surface area (Å²) in [5.41, 5.74) is 1.61. The molecule has 2 N–H and O–H groups in total. The minimum Gasteiger partial charge on any atom is -0.453 e. The number of hydrogen-bond acceptors (Lipinski definition) is 4. The van der Waals surface area contributed by atoms with Gasteiger partial charge in [0.2, 0.25) is 11.8 Å². The Hall–Kier alpha value is -2.83. The second-order valence-electron chi connectivity index (χ2n) is 5.83. The zero-order valence-corrected chi connectivity index (χ0v) is 14.3. The molecule has 1 fully saturated rings. The summed E-state index contributed by atoms with van der Waals surface area (Å²) in [6.07, 6.45) is 2.11. The number of benzene rings is 1. The molecule has 0 aromatic heterocycles. The molecule has 1 aliphatic rings. The van der Waals surface area contributed by atoms with Crippen LogP contribution in [-0.4, -0.2) is 43.0 Å². The van der Waals surface area contributed by atoms with E-state index in [0.29, 0.717) is 38.2 Å². The Kier molecular flexibility index (Phi) is 6.56. The van der Waals surface area contributed by atoms with Crippen LogP contribution < -0.4 is 10.6 Å². The predicted molar refractivity (Wildman–Crippen MR) is 93.8 cm³/mol. The van der Waals surface area contributed by atoms with Gasteiger partial charge in [0.05, 0.1) is 7.11 Å². The summed E-state index contributed by atoms with van der Waals surface area (Å²) in [5.74, 6) is -0.226. The number of nitrogens with one attached hydrogen (secondary N) is 2. The van der Waals surface area contributed by atoms with Crippen LogP contribution in [0.15, 0.2) is 36.9 Å². The van der Waals surface area contributed by atoms with E-state index in [1.54, 1.807) is 17.0 Å². The van der Waals surface area contributed by atoms with E-state index in [2.05, 4.69) is 21.9 Å². The molecule has 7 nitrogen and oxygen atoms in total. The first-order chi connectivity index (χ1) is 12.0. The number of nitrogens with zero attached hydrogens (tertiary/aromatic N) is 1. The van der Waals surface area contributed by atoms with Crippen LogP contribution in [0.25, 0.3) is 0 Å². The van der Waals surface area contributed by atoms with E-state index in [1.165, 1.54) is 13.2 Å². The van der Waals surface area contributed by atoms with Gasteiger partial charge in [-0.15, -0.1) is 0 Å². The fraction of sp³-hybridized carbons (Fsp3) is 0.389. The van der Waals surface area contributed by atoms with Gasteiger partial charge in [0.15, 0.2) is 0 Å². The summed E-state index contributed by atoms with van der Waals surface area (Å²) in [4.78, 5) is 36.6. The van der Waals surface area contributed by atoms with E-state index in [-0.39, 0.29) is 17.7 Å². The van der Waals surface area contributed by atoms with E-state index >= 15 is 0 Å². The van der Waals surface area contributed by atoms with Crippen molar-refractivity contribution in [3.05, 3.63) is 42.5 Å². The van der Waals surface area contributed by atoms with Gasteiger partial charge in [-0.05, 0) is 36.6 Å². The van der Waals surface area contributed by atoms with Crippen LogP contribution in [-0.2, 0) is 20.9 Å². The fourth-order valence-corrected chi connectivity index (χ4v) is 2.69. The van der Waals surface area contributed by atoms with Crippen molar-refractivity contribution in [2.24, 2.45) is 5.92 Å². The van der Waals surface area contributed by atoms with Crippen molar-refractivity contribution in [1.82, 2.24) is 10.2 Å². The van der Waals surface area contributed by atoms with E-state index in [9.17, 15) is 14.4 Å². The lowest BCUT2D eigenvalue weighted by molar-refractivity contribution is -0.130. The number of methoxy groups -OCH3 is 1. The molecule has 0 unspecified atom stereocenters. The Bertz CT molecular complexity index is 634. The van der Waals surface area contributed by atoms with E-state index < -0.39 is 6.09 Å². The van der Waals surface area contributed by atoms with Crippen LogP contribution in [0, 0.1) is 5.92 Å². The Balaban J connectivity index is 1.82. The zero-order valence-electron chi connectivity index (χ0n) is 14.3. The minimum atomic E-state index is -0.487. The summed E-state index contributed by atoms with van der Waals surface area (Å²) in [5, 5.41) is 5.49.